The Kier molecular flexibility index (Phi) is 7.54. The number of rotatable bonds is 6. The molecule has 1 aliphatic heterocycles. The van der Waals surface area contributed by atoms with Gasteiger partial charge in [0.1, 0.15) is 4.90 Å². The van der Waals surface area contributed by atoms with Gasteiger partial charge in [-0.3, -0.25) is 9.52 Å². The van der Waals surface area contributed by atoms with Gasteiger partial charge in [0.25, 0.3) is 15.9 Å². The van der Waals surface area contributed by atoms with Crippen molar-refractivity contribution in [3.63, 3.8) is 0 Å². The van der Waals surface area contributed by atoms with E-state index in [-0.39, 0.29) is 26.2 Å². The van der Waals surface area contributed by atoms with E-state index in [1.807, 2.05) is 18.2 Å². The molecule has 178 valence electrons. The number of nitrogens with zero attached hydrogens (tertiary/aromatic N) is 1. The van der Waals surface area contributed by atoms with Crippen molar-refractivity contribution in [1.29, 1.82) is 0 Å². The molecule has 34 heavy (non-hydrogen) atoms. The van der Waals surface area contributed by atoms with Crippen molar-refractivity contribution in [3.8, 4) is 0 Å². The quantitative estimate of drug-likeness (QED) is 0.429. The first-order valence-corrected chi connectivity index (χ1v) is 12.9. The summed E-state index contributed by atoms with van der Waals surface area (Å²) in [6.45, 7) is 2.61. The summed E-state index contributed by atoms with van der Waals surface area (Å²) >= 11 is 18.2. The first kappa shape index (κ1) is 24.6. The van der Waals surface area contributed by atoms with Crippen LogP contribution in [0.5, 0.6) is 0 Å². The van der Waals surface area contributed by atoms with Gasteiger partial charge in [0, 0.05) is 23.7 Å². The number of hydrogen-bond acceptors (Lipinski definition) is 5. The first-order chi connectivity index (χ1) is 16.2. The Hall–Kier alpha value is -2.49. The van der Waals surface area contributed by atoms with E-state index < -0.39 is 15.9 Å². The van der Waals surface area contributed by atoms with Gasteiger partial charge >= 0.3 is 0 Å². The Labute approximate surface area is 212 Å². The molecule has 7 nitrogen and oxygen atoms in total. The van der Waals surface area contributed by atoms with Gasteiger partial charge in [0.15, 0.2) is 0 Å². The zero-order valence-electron chi connectivity index (χ0n) is 17.7. The zero-order chi connectivity index (χ0) is 24.3. The van der Waals surface area contributed by atoms with Gasteiger partial charge in [-0.05, 0) is 48.5 Å². The van der Waals surface area contributed by atoms with Crippen LogP contribution in [0.4, 0.5) is 17.1 Å². The lowest BCUT2D eigenvalue weighted by atomic mass is 10.2. The maximum atomic E-state index is 13.0. The van der Waals surface area contributed by atoms with Crippen molar-refractivity contribution in [2.75, 3.05) is 41.2 Å². The van der Waals surface area contributed by atoms with Gasteiger partial charge in [0.2, 0.25) is 0 Å². The summed E-state index contributed by atoms with van der Waals surface area (Å²) in [5.74, 6) is -0.477. The lowest BCUT2D eigenvalue weighted by molar-refractivity contribution is 0.102. The first-order valence-electron chi connectivity index (χ1n) is 10.2. The normalized spacial score (nSPS) is 14.0. The third-order valence-corrected chi connectivity index (χ3v) is 7.57. The number of carbonyl (C=O) groups is 1. The molecular weight excluding hydrogens is 521 g/mol. The van der Waals surface area contributed by atoms with E-state index in [0.29, 0.717) is 37.0 Å². The monoisotopic (exact) mass is 539 g/mol. The van der Waals surface area contributed by atoms with Gasteiger partial charge in [0.05, 0.1) is 40.3 Å². The minimum absolute atomic E-state index is 0.0454. The molecule has 1 aliphatic rings. The minimum Gasteiger partial charge on any atom is -0.378 e. The SMILES string of the molecule is O=C(Nc1ccccc1N1CCOCC1)c1ccc(Cl)c(S(=O)(=O)Nc2cc(Cl)ccc2Cl)c1. The summed E-state index contributed by atoms with van der Waals surface area (Å²) in [6, 6.07) is 15.8. The molecule has 1 saturated heterocycles. The molecule has 0 aliphatic carbocycles. The Balaban J connectivity index is 1.60. The highest BCUT2D eigenvalue weighted by molar-refractivity contribution is 7.92. The number of anilines is 3. The molecule has 1 amide bonds. The summed E-state index contributed by atoms with van der Waals surface area (Å²) in [5.41, 5.74) is 1.69. The van der Waals surface area contributed by atoms with Gasteiger partial charge < -0.3 is 15.0 Å². The Morgan fingerprint density at radius 3 is 2.35 bits per heavy atom. The van der Waals surface area contributed by atoms with E-state index in [0.717, 1.165) is 5.69 Å². The lowest BCUT2D eigenvalue weighted by Crippen LogP contribution is -2.36. The van der Waals surface area contributed by atoms with Crippen LogP contribution in [0, 0.1) is 0 Å². The maximum absolute atomic E-state index is 13.0. The second kappa shape index (κ2) is 10.4. The van der Waals surface area contributed by atoms with E-state index in [1.54, 1.807) is 6.07 Å². The van der Waals surface area contributed by atoms with Gasteiger partial charge in [-0.15, -0.1) is 0 Å². The fourth-order valence-corrected chi connectivity index (χ4v) is 5.47. The van der Waals surface area contributed by atoms with Crippen molar-refractivity contribution in [1.82, 2.24) is 0 Å². The van der Waals surface area contributed by atoms with Crippen LogP contribution >= 0.6 is 34.8 Å². The average molecular weight is 541 g/mol. The van der Waals surface area contributed by atoms with Crippen LogP contribution in [0.1, 0.15) is 10.4 Å². The van der Waals surface area contributed by atoms with Crippen molar-refractivity contribution < 1.29 is 17.9 Å². The topological polar surface area (TPSA) is 87.7 Å². The van der Waals surface area contributed by atoms with Crippen LogP contribution in [-0.2, 0) is 14.8 Å². The van der Waals surface area contributed by atoms with E-state index >= 15 is 0 Å². The van der Waals surface area contributed by atoms with E-state index in [1.165, 1.54) is 36.4 Å². The lowest BCUT2D eigenvalue weighted by Gasteiger charge is -2.30. The number of sulfonamides is 1. The van der Waals surface area contributed by atoms with E-state index in [9.17, 15) is 13.2 Å². The molecule has 0 radical (unpaired) electrons. The van der Waals surface area contributed by atoms with Crippen LogP contribution in [0.15, 0.2) is 65.6 Å². The molecule has 3 aromatic carbocycles. The van der Waals surface area contributed by atoms with Crippen LogP contribution in [0.25, 0.3) is 0 Å². The van der Waals surface area contributed by atoms with Crippen molar-refractivity contribution in [2.45, 2.75) is 4.90 Å². The van der Waals surface area contributed by atoms with E-state index in [2.05, 4.69) is 14.9 Å². The number of ether oxygens (including phenoxy) is 1. The number of carbonyl (C=O) groups excluding carboxylic acids is 1. The van der Waals surface area contributed by atoms with Crippen LogP contribution in [-0.4, -0.2) is 40.6 Å². The van der Waals surface area contributed by atoms with Gasteiger partial charge in [-0.2, -0.15) is 0 Å². The molecule has 11 heteroatoms. The predicted octanol–water partition coefficient (Wildman–Crippen LogP) is 5.54. The Morgan fingerprint density at radius 2 is 1.59 bits per heavy atom. The van der Waals surface area contributed by atoms with Crippen molar-refractivity contribution in [2.24, 2.45) is 0 Å². The summed E-state index contributed by atoms with van der Waals surface area (Å²) in [7, 11) is -4.16. The molecule has 0 aromatic heterocycles. The summed E-state index contributed by atoms with van der Waals surface area (Å²) in [4.78, 5) is 14.9. The van der Waals surface area contributed by atoms with E-state index in [4.69, 9.17) is 39.5 Å². The molecule has 0 spiro atoms. The maximum Gasteiger partial charge on any atom is 0.263 e. The number of nitrogens with one attached hydrogen (secondary N) is 2. The van der Waals surface area contributed by atoms with Crippen molar-refractivity contribution >= 4 is 67.8 Å². The zero-order valence-corrected chi connectivity index (χ0v) is 20.8. The molecule has 1 fully saturated rings. The standard InChI is InChI=1S/C23H20Cl3N3O4S/c24-16-6-8-17(25)20(14-16)28-34(31,32)22-13-15(5-7-18(22)26)23(30)27-19-3-1-2-4-21(19)29-9-11-33-12-10-29/h1-8,13-14,28H,9-12H2,(H,27,30). The highest BCUT2D eigenvalue weighted by Crippen LogP contribution is 2.31. The second-order valence-electron chi connectivity index (χ2n) is 7.45. The number of halogens is 3. The summed E-state index contributed by atoms with van der Waals surface area (Å²) in [5, 5.41) is 3.30. The molecule has 0 saturated carbocycles. The summed E-state index contributed by atoms with van der Waals surface area (Å²) < 4.78 is 33.8. The molecule has 0 atom stereocenters. The third-order valence-electron chi connectivity index (χ3n) is 5.16. The number of amides is 1. The number of morpholine rings is 1. The summed E-state index contributed by atoms with van der Waals surface area (Å²) in [6.07, 6.45) is 0. The minimum atomic E-state index is -4.16. The molecule has 2 N–H and O–H groups in total. The fraction of sp³-hybridized carbons (Fsp3) is 0.174. The molecule has 4 rings (SSSR count). The largest absolute Gasteiger partial charge is 0.378 e. The second-order valence-corrected chi connectivity index (χ2v) is 10.3. The molecule has 0 bridgehead atoms. The molecule has 0 unspecified atom stereocenters. The molecule has 3 aromatic rings. The highest BCUT2D eigenvalue weighted by atomic mass is 35.5. The van der Waals surface area contributed by atoms with Crippen LogP contribution in [0.3, 0.4) is 0 Å². The van der Waals surface area contributed by atoms with Crippen LogP contribution < -0.4 is 14.9 Å². The molecule has 1 heterocycles. The fourth-order valence-electron chi connectivity index (χ4n) is 3.48. The number of benzene rings is 3. The predicted molar refractivity (Wildman–Crippen MR) is 136 cm³/mol. The third kappa shape index (κ3) is 5.59. The molecular formula is C23H20Cl3N3O4S. The van der Waals surface area contributed by atoms with Crippen molar-refractivity contribution in [3.05, 3.63) is 81.3 Å². The smallest absolute Gasteiger partial charge is 0.263 e. The number of hydrogen-bond donors (Lipinski definition) is 2. The Bertz CT molecular complexity index is 1330. The Morgan fingerprint density at radius 1 is 0.882 bits per heavy atom. The number of para-hydroxylation sites is 2. The highest BCUT2D eigenvalue weighted by Gasteiger charge is 2.22. The van der Waals surface area contributed by atoms with Gasteiger partial charge in [-0.25, -0.2) is 8.42 Å². The van der Waals surface area contributed by atoms with Gasteiger partial charge in [-0.1, -0.05) is 46.9 Å². The van der Waals surface area contributed by atoms with Crippen LogP contribution in [0.2, 0.25) is 15.1 Å². The average Bonchev–Trinajstić information content (AvgIpc) is 2.82.